The molecule has 0 aliphatic carbocycles. The molecule has 0 amide bonds. The summed E-state index contributed by atoms with van der Waals surface area (Å²) in [5.74, 6) is -1.82. The fourth-order valence-corrected chi connectivity index (χ4v) is 1.13. The number of ether oxygens (including phenoxy) is 1. The fourth-order valence-electron chi connectivity index (χ4n) is 1.13. The van der Waals surface area contributed by atoms with Crippen LogP contribution in [0.5, 0.6) is 0 Å². The second-order valence-electron chi connectivity index (χ2n) is 3.77. The van der Waals surface area contributed by atoms with E-state index < -0.39 is 11.9 Å². The van der Waals surface area contributed by atoms with Crippen molar-refractivity contribution in [2.75, 3.05) is 13.2 Å². The molecule has 5 heteroatoms. The summed E-state index contributed by atoms with van der Waals surface area (Å²) in [7, 11) is 0. The quantitative estimate of drug-likeness (QED) is 0.752. The van der Waals surface area contributed by atoms with Gasteiger partial charge in [-0.2, -0.15) is 0 Å². The first kappa shape index (κ1) is 13.2. The van der Waals surface area contributed by atoms with Crippen LogP contribution in [-0.4, -0.2) is 35.4 Å². The lowest BCUT2D eigenvalue weighted by Crippen LogP contribution is -2.15. The number of hydrogen-bond donors (Lipinski definition) is 2. The zero-order valence-electron chi connectivity index (χ0n) is 9.42. The van der Waals surface area contributed by atoms with Crippen LogP contribution in [0.3, 0.4) is 0 Å². The Hall–Kier alpha value is -1.88. The van der Waals surface area contributed by atoms with E-state index in [-0.39, 0.29) is 30.3 Å². The second kappa shape index (κ2) is 6.00. The van der Waals surface area contributed by atoms with Gasteiger partial charge in [0.15, 0.2) is 0 Å². The number of aromatic carboxylic acids is 1. The summed E-state index contributed by atoms with van der Waals surface area (Å²) < 4.78 is 4.92. The first-order valence-electron chi connectivity index (χ1n) is 5.16. The van der Waals surface area contributed by atoms with E-state index >= 15 is 0 Å². The van der Waals surface area contributed by atoms with E-state index in [9.17, 15) is 9.59 Å². The average molecular weight is 238 g/mol. The van der Waals surface area contributed by atoms with Crippen molar-refractivity contribution in [3.05, 3.63) is 35.4 Å². The van der Waals surface area contributed by atoms with E-state index in [1.807, 2.05) is 0 Å². The Morgan fingerprint density at radius 2 is 2.00 bits per heavy atom. The van der Waals surface area contributed by atoms with Gasteiger partial charge < -0.3 is 14.9 Å². The molecular formula is C12H14O5. The lowest BCUT2D eigenvalue weighted by atomic mass is 10.1. The number of rotatable bonds is 5. The van der Waals surface area contributed by atoms with Crippen LogP contribution >= 0.6 is 0 Å². The first-order chi connectivity index (χ1) is 8.04. The molecule has 0 heterocycles. The topological polar surface area (TPSA) is 83.8 Å². The van der Waals surface area contributed by atoms with Crippen LogP contribution in [0.1, 0.15) is 27.6 Å². The van der Waals surface area contributed by atoms with Crippen molar-refractivity contribution >= 4 is 11.9 Å². The Morgan fingerprint density at radius 1 is 1.35 bits per heavy atom. The average Bonchev–Trinajstić information content (AvgIpc) is 2.35. The maximum atomic E-state index is 11.5. The summed E-state index contributed by atoms with van der Waals surface area (Å²) in [5, 5.41) is 17.5. The highest BCUT2D eigenvalue weighted by atomic mass is 16.5. The molecule has 0 fully saturated rings. The summed E-state index contributed by atoms with van der Waals surface area (Å²) in [4.78, 5) is 22.2. The van der Waals surface area contributed by atoms with Crippen molar-refractivity contribution in [2.45, 2.75) is 6.92 Å². The number of aliphatic hydroxyl groups is 1. The van der Waals surface area contributed by atoms with Crippen LogP contribution in [0.15, 0.2) is 24.3 Å². The number of hydrogen-bond acceptors (Lipinski definition) is 4. The van der Waals surface area contributed by atoms with Gasteiger partial charge in [-0.25, -0.2) is 9.59 Å². The van der Waals surface area contributed by atoms with Gasteiger partial charge in [0.25, 0.3) is 0 Å². The number of esters is 1. The number of carbonyl (C=O) groups is 2. The van der Waals surface area contributed by atoms with Crippen molar-refractivity contribution in [2.24, 2.45) is 5.92 Å². The third-order valence-corrected chi connectivity index (χ3v) is 2.16. The number of carbonyl (C=O) groups excluding carboxylic acids is 1. The molecule has 0 saturated carbocycles. The van der Waals surface area contributed by atoms with E-state index in [0.29, 0.717) is 0 Å². The van der Waals surface area contributed by atoms with Crippen LogP contribution in [0.4, 0.5) is 0 Å². The molecule has 1 atom stereocenters. The van der Waals surface area contributed by atoms with Crippen LogP contribution in [0.2, 0.25) is 0 Å². The minimum absolute atomic E-state index is 0.0367. The molecule has 0 aliphatic rings. The van der Waals surface area contributed by atoms with Gasteiger partial charge in [-0.3, -0.25) is 0 Å². The molecule has 1 aromatic rings. The predicted molar refractivity (Wildman–Crippen MR) is 59.9 cm³/mol. The van der Waals surface area contributed by atoms with E-state index in [0.717, 1.165) is 0 Å². The van der Waals surface area contributed by atoms with Gasteiger partial charge in [0.05, 0.1) is 17.7 Å². The third-order valence-electron chi connectivity index (χ3n) is 2.16. The van der Waals surface area contributed by atoms with Crippen LogP contribution < -0.4 is 0 Å². The van der Waals surface area contributed by atoms with Gasteiger partial charge in [-0.05, 0) is 18.2 Å². The van der Waals surface area contributed by atoms with Crippen molar-refractivity contribution in [3.8, 4) is 0 Å². The Morgan fingerprint density at radius 3 is 2.59 bits per heavy atom. The molecule has 17 heavy (non-hydrogen) atoms. The zero-order chi connectivity index (χ0) is 12.8. The Bertz CT molecular complexity index is 413. The van der Waals surface area contributed by atoms with Crippen molar-refractivity contribution in [3.63, 3.8) is 0 Å². The van der Waals surface area contributed by atoms with Crippen LogP contribution in [0.25, 0.3) is 0 Å². The SMILES string of the molecule is CC(CO)COC(=O)c1cccc(C(=O)O)c1. The Balaban J connectivity index is 2.69. The molecule has 0 bridgehead atoms. The van der Waals surface area contributed by atoms with E-state index in [1.54, 1.807) is 6.92 Å². The molecule has 0 aromatic heterocycles. The summed E-state index contributed by atoms with van der Waals surface area (Å²) in [6.07, 6.45) is 0. The smallest absolute Gasteiger partial charge is 0.338 e. The van der Waals surface area contributed by atoms with Gasteiger partial charge in [0.1, 0.15) is 0 Å². The minimum Gasteiger partial charge on any atom is -0.478 e. The highest BCUT2D eigenvalue weighted by Crippen LogP contribution is 2.08. The predicted octanol–water partition coefficient (Wildman–Crippen LogP) is 1.17. The standard InChI is InChI=1S/C12H14O5/c1-8(6-13)7-17-12(16)10-4-2-3-9(5-10)11(14)15/h2-5,8,13H,6-7H2,1H3,(H,14,15). The van der Waals surface area contributed by atoms with Crippen LogP contribution in [-0.2, 0) is 4.74 Å². The number of benzene rings is 1. The monoisotopic (exact) mass is 238 g/mol. The molecule has 1 aromatic carbocycles. The lowest BCUT2D eigenvalue weighted by Gasteiger charge is -2.09. The molecule has 0 saturated heterocycles. The molecule has 1 unspecified atom stereocenters. The molecule has 5 nitrogen and oxygen atoms in total. The zero-order valence-corrected chi connectivity index (χ0v) is 9.42. The van der Waals surface area contributed by atoms with Gasteiger partial charge in [-0.1, -0.05) is 13.0 Å². The molecule has 92 valence electrons. The second-order valence-corrected chi connectivity index (χ2v) is 3.77. The normalized spacial score (nSPS) is 11.9. The summed E-state index contributed by atoms with van der Waals surface area (Å²) in [6.45, 7) is 1.77. The van der Waals surface area contributed by atoms with E-state index in [2.05, 4.69) is 0 Å². The van der Waals surface area contributed by atoms with Gasteiger partial charge in [-0.15, -0.1) is 0 Å². The highest BCUT2D eigenvalue weighted by molar-refractivity contribution is 5.94. The van der Waals surface area contributed by atoms with Crippen molar-refractivity contribution in [1.29, 1.82) is 0 Å². The minimum atomic E-state index is -1.09. The molecule has 1 rings (SSSR count). The van der Waals surface area contributed by atoms with Gasteiger partial charge in [0.2, 0.25) is 0 Å². The van der Waals surface area contributed by atoms with Crippen LogP contribution in [0, 0.1) is 5.92 Å². The molecule has 2 N–H and O–H groups in total. The molecule has 0 radical (unpaired) electrons. The maximum absolute atomic E-state index is 11.5. The fraction of sp³-hybridized carbons (Fsp3) is 0.333. The Labute approximate surface area is 98.6 Å². The first-order valence-corrected chi connectivity index (χ1v) is 5.16. The largest absolute Gasteiger partial charge is 0.478 e. The van der Waals surface area contributed by atoms with E-state index in [4.69, 9.17) is 14.9 Å². The van der Waals surface area contributed by atoms with E-state index in [1.165, 1.54) is 24.3 Å². The number of aliphatic hydroxyl groups excluding tert-OH is 1. The summed E-state index contributed by atoms with van der Waals surface area (Å²) in [5.41, 5.74) is 0.227. The summed E-state index contributed by atoms with van der Waals surface area (Å²) in [6, 6.07) is 5.62. The maximum Gasteiger partial charge on any atom is 0.338 e. The number of carboxylic acids is 1. The van der Waals surface area contributed by atoms with Crippen molar-refractivity contribution < 1.29 is 24.5 Å². The lowest BCUT2D eigenvalue weighted by molar-refractivity contribution is 0.0405. The summed E-state index contributed by atoms with van der Waals surface area (Å²) >= 11 is 0. The third kappa shape index (κ3) is 3.88. The van der Waals surface area contributed by atoms with Gasteiger partial charge >= 0.3 is 11.9 Å². The number of carboxylic acid groups (broad SMARTS) is 1. The van der Waals surface area contributed by atoms with Gasteiger partial charge in [0, 0.05) is 12.5 Å². The Kier molecular flexibility index (Phi) is 4.66. The molecule has 0 aliphatic heterocycles. The molecular weight excluding hydrogens is 224 g/mol. The van der Waals surface area contributed by atoms with Crippen molar-refractivity contribution in [1.82, 2.24) is 0 Å². The molecule has 0 spiro atoms. The highest BCUT2D eigenvalue weighted by Gasteiger charge is 2.11.